The second kappa shape index (κ2) is 20.1. The van der Waals surface area contributed by atoms with Crippen molar-refractivity contribution in [2.24, 2.45) is 0 Å². The first-order chi connectivity index (χ1) is 10.6. The highest BCUT2D eigenvalue weighted by Crippen LogP contribution is 2.11. The van der Waals surface area contributed by atoms with Crippen LogP contribution in [0.2, 0.25) is 0 Å². The fraction of sp³-hybridized carbons (Fsp3) is 0.833. The first kappa shape index (κ1) is 23.4. The lowest BCUT2D eigenvalue weighted by molar-refractivity contribution is -0.132. The van der Waals surface area contributed by atoms with Gasteiger partial charge in [0.1, 0.15) is 0 Å². The van der Waals surface area contributed by atoms with Crippen LogP contribution in [0, 0.1) is 0 Å². The van der Waals surface area contributed by atoms with Crippen LogP contribution >= 0.6 is 0 Å². The zero-order valence-corrected chi connectivity index (χ0v) is 14.4. The molecule has 0 heterocycles. The van der Waals surface area contributed by atoms with E-state index in [2.05, 4.69) is 6.58 Å². The van der Waals surface area contributed by atoms with Crippen molar-refractivity contribution in [1.29, 1.82) is 0 Å². The molecule has 0 radical (unpaired) electrons. The van der Waals surface area contributed by atoms with Gasteiger partial charge in [0.25, 0.3) is 0 Å². The highest BCUT2D eigenvalue weighted by Gasteiger charge is 1.93. The first-order valence-corrected chi connectivity index (χ1v) is 8.66. The minimum atomic E-state index is -0.935. The summed E-state index contributed by atoms with van der Waals surface area (Å²) >= 11 is 0. The average Bonchev–Trinajstić information content (AvgIpc) is 2.49. The van der Waals surface area contributed by atoms with Crippen molar-refractivity contribution in [1.82, 2.24) is 0 Å². The van der Waals surface area contributed by atoms with Gasteiger partial charge in [-0.3, -0.25) is 0 Å². The van der Waals surface area contributed by atoms with Crippen LogP contribution in [0.1, 0.15) is 84.0 Å². The maximum atomic E-state index is 9.60. The minimum absolute atomic E-state index is 0.176. The van der Waals surface area contributed by atoms with Crippen molar-refractivity contribution < 1.29 is 20.1 Å². The summed E-state index contributed by atoms with van der Waals surface area (Å²) in [5.41, 5.74) is 0.176. The maximum absolute atomic E-state index is 9.60. The molecule has 0 atom stereocenters. The SMILES string of the molecule is C=C(C)C(=O)O.OCCCCCCCCCCCCCCO. The molecule has 22 heavy (non-hydrogen) atoms. The summed E-state index contributed by atoms with van der Waals surface area (Å²) in [5.74, 6) is -0.935. The van der Waals surface area contributed by atoms with E-state index in [-0.39, 0.29) is 5.57 Å². The monoisotopic (exact) mass is 316 g/mol. The van der Waals surface area contributed by atoms with E-state index in [1.807, 2.05) is 0 Å². The predicted octanol–water partition coefficient (Wildman–Crippen LogP) is 4.30. The molecule has 0 spiro atoms. The first-order valence-electron chi connectivity index (χ1n) is 8.66. The quantitative estimate of drug-likeness (QED) is 0.330. The molecule has 132 valence electrons. The lowest BCUT2D eigenvalue weighted by Crippen LogP contribution is -1.92. The second-order valence-corrected chi connectivity index (χ2v) is 5.78. The smallest absolute Gasteiger partial charge is 0.330 e. The van der Waals surface area contributed by atoms with E-state index in [0.717, 1.165) is 12.8 Å². The molecular weight excluding hydrogens is 280 g/mol. The van der Waals surface area contributed by atoms with E-state index in [4.69, 9.17) is 15.3 Å². The van der Waals surface area contributed by atoms with Crippen molar-refractivity contribution in [3.8, 4) is 0 Å². The van der Waals surface area contributed by atoms with Crippen LogP contribution in [0.5, 0.6) is 0 Å². The molecule has 0 aromatic heterocycles. The molecule has 0 aliphatic rings. The van der Waals surface area contributed by atoms with E-state index in [1.54, 1.807) is 0 Å². The molecule has 0 amide bonds. The largest absolute Gasteiger partial charge is 0.478 e. The molecule has 0 saturated carbocycles. The highest BCUT2D eigenvalue weighted by molar-refractivity contribution is 5.84. The summed E-state index contributed by atoms with van der Waals surface area (Å²) in [7, 11) is 0. The Morgan fingerprint density at radius 3 is 1.00 bits per heavy atom. The molecule has 0 fully saturated rings. The second-order valence-electron chi connectivity index (χ2n) is 5.78. The highest BCUT2D eigenvalue weighted by atomic mass is 16.4. The summed E-state index contributed by atoms with van der Waals surface area (Å²) in [6, 6.07) is 0. The van der Waals surface area contributed by atoms with Gasteiger partial charge >= 0.3 is 5.97 Å². The number of hydrogen-bond acceptors (Lipinski definition) is 3. The van der Waals surface area contributed by atoms with E-state index >= 15 is 0 Å². The number of carboxylic acids is 1. The van der Waals surface area contributed by atoms with Gasteiger partial charge in [0.15, 0.2) is 0 Å². The number of carboxylic acid groups (broad SMARTS) is 1. The van der Waals surface area contributed by atoms with Crippen molar-refractivity contribution >= 4 is 5.97 Å². The fourth-order valence-electron chi connectivity index (χ4n) is 1.99. The normalized spacial score (nSPS) is 9.95. The maximum Gasteiger partial charge on any atom is 0.330 e. The van der Waals surface area contributed by atoms with Gasteiger partial charge in [-0.2, -0.15) is 0 Å². The topological polar surface area (TPSA) is 77.8 Å². The Balaban J connectivity index is 0. The molecule has 3 N–H and O–H groups in total. The van der Waals surface area contributed by atoms with E-state index in [9.17, 15) is 4.79 Å². The van der Waals surface area contributed by atoms with E-state index < -0.39 is 5.97 Å². The lowest BCUT2D eigenvalue weighted by atomic mass is 10.1. The summed E-state index contributed by atoms with van der Waals surface area (Å²) in [6.45, 7) is 5.31. The standard InChI is InChI=1S/C14H30O2.C4H6O2/c15-13-11-9-7-5-3-1-2-4-6-8-10-12-14-16;1-3(2)4(5)6/h15-16H,1-14H2;1H2,2H3,(H,5,6). The number of aliphatic hydroxyl groups is 2. The molecule has 0 saturated heterocycles. The molecule has 0 aromatic rings. The van der Waals surface area contributed by atoms with Crippen molar-refractivity contribution in [2.45, 2.75) is 84.0 Å². The van der Waals surface area contributed by atoms with E-state index in [0.29, 0.717) is 13.2 Å². The molecular formula is C18H36O4. The molecule has 0 aliphatic carbocycles. The van der Waals surface area contributed by atoms with Crippen molar-refractivity contribution in [2.75, 3.05) is 13.2 Å². The summed E-state index contributed by atoms with van der Waals surface area (Å²) in [5, 5.41) is 25.1. The molecule has 0 aromatic carbocycles. The Morgan fingerprint density at radius 2 is 0.864 bits per heavy atom. The Labute approximate surface area is 136 Å². The number of hydrogen-bond donors (Lipinski definition) is 3. The predicted molar refractivity (Wildman–Crippen MR) is 92.0 cm³/mol. The summed E-state index contributed by atoms with van der Waals surface area (Å²) < 4.78 is 0. The molecule has 0 unspecified atom stereocenters. The number of aliphatic hydroxyl groups excluding tert-OH is 2. The Kier molecular flexibility index (Phi) is 21.4. The van der Waals surface area contributed by atoms with Gasteiger partial charge in [-0.25, -0.2) is 4.79 Å². The third kappa shape index (κ3) is 24.2. The van der Waals surface area contributed by atoms with Gasteiger partial charge in [0.2, 0.25) is 0 Å². The van der Waals surface area contributed by atoms with Gasteiger partial charge < -0.3 is 15.3 Å². The van der Waals surface area contributed by atoms with Crippen LogP contribution in [0.3, 0.4) is 0 Å². The lowest BCUT2D eigenvalue weighted by Gasteiger charge is -2.02. The minimum Gasteiger partial charge on any atom is -0.478 e. The number of aliphatic carboxylic acids is 1. The van der Waals surface area contributed by atoms with Crippen LogP contribution in [0.15, 0.2) is 12.2 Å². The van der Waals surface area contributed by atoms with Gasteiger partial charge in [0.05, 0.1) is 0 Å². The van der Waals surface area contributed by atoms with Crippen LogP contribution in [0.25, 0.3) is 0 Å². The van der Waals surface area contributed by atoms with Crippen molar-refractivity contribution in [3.63, 3.8) is 0 Å². The zero-order valence-electron chi connectivity index (χ0n) is 14.4. The Bertz CT molecular complexity index is 225. The summed E-state index contributed by atoms with van der Waals surface area (Å²) in [4.78, 5) is 9.60. The third-order valence-corrected chi connectivity index (χ3v) is 3.43. The Hall–Kier alpha value is -0.870. The Morgan fingerprint density at radius 1 is 0.682 bits per heavy atom. The number of rotatable bonds is 14. The average molecular weight is 316 g/mol. The van der Waals surface area contributed by atoms with Gasteiger partial charge in [0, 0.05) is 18.8 Å². The van der Waals surface area contributed by atoms with Crippen LogP contribution in [-0.4, -0.2) is 34.5 Å². The van der Waals surface area contributed by atoms with Gasteiger partial charge in [-0.1, -0.05) is 70.8 Å². The molecule has 0 bridgehead atoms. The number of unbranched alkanes of at least 4 members (excludes halogenated alkanes) is 11. The molecule has 4 nitrogen and oxygen atoms in total. The fourth-order valence-corrected chi connectivity index (χ4v) is 1.99. The van der Waals surface area contributed by atoms with E-state index in [1.165, 1.54) is 71.1 Å². The number of carbonyl (C=O) groups is 1. The molecule has 0 aliphatic heterocycles. The van der Waals surface area contributed by atoms with Gasteiger partial charge in [-0.05, 0) is 19.8 Å². The van der Waals surface area contributed by atoms with Gasteiger partial charge in [-0.15, -0.1) is 0 Å². The molecule has 4 heteroatoms. The third-order valence-electron chi connectivity index (χ3n) is 3.43. The van der Waals surface area contributed by atoms with Crippen LogP contribution in [-0.2, 0) is 4.79 Å². The summed E-state index contributed by atoms with van der Waals surface area (Å²) in [6.07, 6.45) is 15.1. The van der Waals surface area contributed by atoms with Crippen LogP contribution < -0.4 is 0 Å². The van der Waals surface area contributed by atoms with Crippen molar-refractivity contribution in [3.05, 3.63) is 12.2 Å². The molecule has 0 rings (SSSR count). The van der Waals surface area contributed by atoms with Crippen LogP contribution in [0.4, 0.5) is 0 Å². The zero-order chi connectivity index (χ0) is 17.1.